The van der Waals surface area contributed by atoms with Gasteiger partial charge in [0.15, 0.2) is 0 Å². The molecule has 1 aliphatic carbocycles. The molecule has 1 aromatic rings. The highest BCUT2D eigenvalue weighted by Crippen LogP contribution is 2.39. The number of aliphatic carboxylic acids is 1. The van der Waals surface area contributed by atoms with E-state index in [4.69, 9.17) is 0 Å². The van der Waals surface area contributed by atoms with Gasteiger partial charge in [-0.2, -0.15) is 0 Å². The molecule has 19 heavy (non-hydrogen) atoms. The third kappa shape index (κ3) is 3.09. The molecule has 0 spiro atoms. The number of thioether (sulfide) groups is 1. The predicted octanol–water partition coefficient (Wildman–Crippen LogP) is 2.41. The molecule has 5 heteroatoms. The highest BCUT2D eigenvalue weighted by molar-refractivity contribution is 7.99. The Bertz CT molecular complexity index is 427. The van der Waals surface area contributed by atoms with Gasteiger partial charge >= 0.3 is 5.97 Å². The van der Waals surface area contributed by atoms with Crippen molar-refractivity contribution in [2.75, 3.05) is 12.8 Å². The van der Waals surface area contributed by atoms with Crippen LogP contribution in [0.1, 0.15) is 25.7 Å². The van der Waals surface area contributed by atoms with Crippen molar-refractivity contribution in [2.24, 2.45) is 5.92 Å². The summed E-state index contributed by atoms with van der Waals surface area (Å²) in [5.74, 6) is 0.421. The Hall–Kier alpha value is -1.07. The summed E-state index contributed by atoms with van der Waals surface area (Å²) in [6, 6.07) is 5.86. The van der Waals surface area contributed by atoms with Gasteiger partial charge < -0.3 is 10.4 Å². The average Bonchev–Trinajstić information content (AvgIpc) is 2.84. The van der Waals surface area contributed by atoms with Crippen molar-refractivity contribution in [3.63, 3.8) is 0 Å². The highest BCUT2D eigenvalue weighted by Gasteiger charge is 2.47. The number of hydrogen-bond acceptors (Lipinski definition) is 4. The first-order chi connectivity index (χ1) is 9.19. The molecule has 1 saturated carbocycles. The minimum Gasteiger partial charge on any atom is -0.480 e. The predicted molar refractivity (Wildman–Crippen MR) is 76.3 cm³/mol. The standard InChI is InChI=1S/C14H20N2O2S/c1-15-14(13(17)18)8-4-5-11(14)7-10-19-12-6-2-3-9-16-12/h2-3,6,9,11,15H,4-5,7-8,10H2,1H3,(H,17,18). The molecule has 2 N–H and O–H groups in total. The molecular formula is C14H20N2O2S. The molecule has 0 radical (unpaired) electrons. The van der Waals surface area contributed by atoms with Gasteiger partial charge in [-0.3, -0.25) is 4.79 Å². The number of nitrogens with zero attached hydrogens (tertiary/aromatic N) is 1. The first-order valence-electron chi connectivity index (χ1n) is 6.65. The Balaban J connectivity index is 1.90. The van der Waals surface area contributed by atoms with E-state index in [0.717, 1.165) is 36.5 Å². The molecular weight excluding hydrogens is 260 g/mol. The van der Waals surface area contributed by atoms with Crippen molar-refractivity contribution in [1.29, 1.82) is 0 Å². The fourth-order valence-corrected chi connectivity index (χ4v) is 3.85. The summed E-state index contributed by atoms with van der Waals surface area (Å²) in [7, 11) is 1.76. The molecule has 2 atom stereocenters. The van der Waals surface area contributed by atoms with Gasteiger partial charge in [0.1, 0.15) is 5.54 Å². The number of carboxylic acids is 1. The fraction of sp³-hybridized carbons (Fsp3) is 0.571. The van der Waals surface area contributed by atoms with Crippen molar-refractivity contribution in [1.82, 2.24) is 10.3 Å². The van der Waals surface area contributed by atoms with Gasteiger partial charge in [-0.25, -0.2) is 4.98 Å². The Labute approximate surface area is 118 Å². The molecule has 0 aromatic carbocycles. The van der Waals surface area contributed by atoms with Crippen molar-refractivity contribution >= 4 is 17.7 Å². The van der Waals surface area contributed by atoms with Crippen molar-refractivity contribution in [3.8, 4) is 0 Å². The fourth-order valence-electron chi connectivity index (χ4n) is 2.92. The van der Waals surface area contributed by atoms with Crippen LogP contribution in [0.4, 0.5) is 0 Å². The second-order valence-corrected chi connectivity index (χ2v) is 6.04. The zero-order valence-electron chi connectivity index (χ0n) is 11.1. The van der Waals surface area contributed by atoms with E-state index >= 15 is 0 Å². The van der Waals surface area contributed by atoms with Crippen LogP contribution in [0.5, 0.6) is 0 Å². The lowest BCUT2D eigenvalue weighted by atomic mass is 9.85. The Kier molecular flexibility index (Phi) is 4.82. The number of likely N-dealkylation sites (N-methyl/N-ethyl adjacent to an activating group) is 1. The number of hydrogen-bond donors (Lipinski definition) is 2. The largest absolute Gasteiger partial charge is 0.480 e. The van der Waals surface area contributed by atoms with Crippen LogP contribution >= 0.6 is 11.8 Å². The van der Waals surface area contributed by atoms with Gasteiger partial charge in [-0.1, -0.05) is 12.5 Å². The lowest BCUT2D eigenvalue weighted by Crippen LogP contribution is -2.53. The van der Waals surface area contributed by atoms with Crippen LogP contribution in [0.2, 0.25) is 0 Å². The van der Waals surface area contributed by atoms with Crippen LogP contribution < -0.4 is 5.32 Å². The van der Waals surface area contributed by atoms with Gasteiger partial charge in [0, 0.05) is 6.20 Å². The van der Waals surface area contributed by atoms with Crippen LogP contribution in [-0.2, 0) is 4.79 Å². The maximum absolute atomic E-state index is 11.5. The first kappa shape index (κ1) is 14.3. The van der Waals surface area contributed by atoms with Gasteiger partial charge in [-0.15, -0.1) is 11.8 Å². The minimum absolute atomic E-state index is 0.214. The van der Waals surface area contributed by atoms with Gasteiger partial charge in [0.2, 0.25) is 0 Å². The summed E-state index contributed by atoms with van der Waals surface area (Å²) < 4.78 is 0. The smallest absolute Gasteiger partial charge is 0.324 e. The monoisotopic (exact) mass is 280 g/mol. The van der Waals surface area contributed by atoms with E-state index in [-0.39, 0.29) is 5.92 Å². The Morgan fingerprint density at radius 3 is 3.11 bits per heavy atom. The van der Waals surface area contributed by atoms with Crippen LogP contribution in [0, 0.1) is 5.92 Å². The number of nitrogens with one attached hydrogen (secondary N) is 1. The highest BCUT2D eigenvalue weighted by atomic mass is 32.2. The number of aromatic nitrogens is 1. The normalized spacial score (nSPS) is 26.5. The summed E-state index contributed by atoms with van der Waals surface area (Å²) in [6.45, 7) is 0. The molecule has 1 fully saturated rings. The third-order valence-corrected chi connectivity index (χ3v) is 4.98. The summed E-state index contributed by atoms with van der Waals surface area (Å²) in [6.07, 6.45) is 5.42. The van der Waals surface area contributed by atoms with Crippen LogP contribution in [-0.4, -0.2) is 34.4 Å². The first-order valence-corrected chi connectivity index (χ1v) is 7.64. The van der Waals surface area contributed by atoms with E-state index in [1.54, 1.807) is 25.0 Å². The summed E-state index contributed by atoms with van der Waals surface area (Å²) in [4.78, 5) is 15.8. The second-order valence-electron chi connectivity index (χ2n) is 4.92. The molecule has 0 bridgehead atoms. The lowest BCUT2D eigenvalue weighted by molar-refractivity contribution is -0.146. The lowest BCUT2D eigenvalue weighted by Gasteiger charge is -2.30. The summed E-state index contributed by atoms with van der Waals surface area (Å²) in [5, 5.41) is 13.5. The molecule has 0 amide bonds. The third-order valence-electron chi connectivity index (χ3n) is 4.00. The number of carbonyl (C=O) groups is 1. The van der Waals surface area contributed by atoms with Crippen molar-refractivity contribution in [2.45, 2.75) is 36.2 Å². The van der Waals surface area contributed by atoms with Crippen LogP contribution in [0.3, 0.4) is 0 Å². The topological polar surface area (TPSA) is 62.2 Å². The van der Waals surface area contributed by atoms with Gasteiger partial charge in [0.25, 0.3) is 0 Å². The van der Waals surface area contributed by atoms with Crippen molar-refractivity contribution in [3.05, 3.63) is 24.4 Å². The summed E-state index contributed by atoms with van der Waals surface area (Å²) >= 11 is 1.70. The molecule has 4 nitrogen and oxygen atoms in total. The SMILES string of the molecule is CNC1(C(=O)O)CCCC1CCSc1ccccn1. The number of carboxylic acid groups (broad SMARTS) is 1. The van der Waals surface area contributed by atoms with E-state index in [0.29, 0.717) is 0 Å². The van der Waals surface area contributed by atoms with E-state index in [9.17, 15) is 9.90 Å². The number of rotatable bonds is 6. The molecule has 104 valence electrons. The maximum atomic E-state index is 11.5. The van der Waals surface area contributed by atoms with Crippen molar-refractivity contribution < 1.29 is 9.90 Å². The van der Waals surface area contributed by atoms with Crippen LogP contribution in [0.15, 0.2) is 29.4 Å². The molecule has 1 heterocycles. The molecule has 1 aromatic heterocycles. The molecule has 0 saturated heterocycles. The molecule has 1 aliphatic rings. The van der Waals surface area contributed by atoms with Crippen LogP contribution in [0.25, 0.3) is 0 Å². The van der Waals surface area contributed by atoms with E-state index in [1.807, 2.05) is 18.2 Å². The minimum atomic E-state index is -0.718. The molecule has 2 unspecified atom stereocenters. The molecule has 0 aliphatic heterocycles. The average molecular weight is 280 g/mol. The van der Waals surface area contributed by atoms with E-state index in [1.165, 1.54) is 0 Å². The Morgan fingerprint density at radius 1 is 1.63 bits per heavy atom. The zero-order chi connectivity index (χ0) is 13.7. The summed E-state index contributed by atoms with van der Waals surface area (Å²) in [5.41, 5.74) is -0.718. The van der Waals surface area contributed by atoms with E-state index < -0.39 is 11.5 Å². The second kappa shape index (κ2) is 6.39. The zero-order valence-corrected chi connectivity index (χ0v) is 11.9. The van der Waals surface area contributed by atoms with Gasteiger partial charge in [0.05, 0.1) is 5.03 Å². The quantitative estimate of drug-likeness (QED) is 0.784. The maximum Gasteiger partial charge on any atom is 0.324 e. The van der Waals surface area contributed by atoms with Gasteiger partial charge in [-0.05, 0) is 50.1 Å². The number of pyridine rings is 1. The molecule has 2 rings (SSSR count). The van der Waals surface area contributed by atoms with E-state index in [2.05, 4.69) is 10.3 Å². The Morgan fingerprint density at radius 2 is 2.47 bits per heavy atom.